The van der Waals surface area contributed by atoms with Crippen LogP contribution in [-0.2, 0) is 19.6 Å². The van der Waals surface area contributed by atoms with Crippen molar-refractivity contribution in [1.82, 2.24) is 14.7 Å². The summed E-state index contributed by atoms with van der Waals surface area (Å²) in [5, 5.41) is 6.43. The molecule has 0 aliphatic carbocycles. The van der Waals surface area contributed by atoms with E-state index in [0.29, 0.717) is 36.5 Å². The van der Waals surface area contributed by atoms with Crippen molar-refractivity contribution in [2.75, 3.05) is 5.32 Å². The summed E-state index contributed by atoms with van der Waals surface area (Å²) in [6.07, 6.45) is 1.83. The molecule has 6 nitrogen and oxygen atoms in total. The quantitative estimate of drug-likeness (QED) is 0.288. The number of fused-ring (bicyclic) bond motifs is 1. The van der Waals surface area contributed by atoms with Crippen molar-refractivity contribution in [2.24, 2.45) is 5.73 Å². The Balaban J connectivity index is 1.43. The summed E-state index contributed by atoms with van der Waals surface area (Å²) >= 11 is 0. The lowest BCUT2D eigenvalue weighted by Crippen LogP contribution is -2.23. The van der Waals surface area contributed by atoms with E-state index in [4.69, 9.17) is 10.7 Å². The maximum absolute atomic E-state index is 13.6. The summed E-state index contributed by atoms with van der Waals surface area (Å²) in [6.45, 7) is 1.44. The number of carbonyl (C=O) groups excluding carboxylic acids is 1. The van der Waals surface area contributed by atoms with Gasteiger partial charge in [0.2, 0.25) is 0 Å². The Labute approximate surface area is 208 Å². The zero-order chi connectivity index (χ0) is 24.9. The first-order chi connectivity index (χ1) is 17.6. The fraction of sp³-hybridized carbons (Fsp3) is 0.103. The highest BCUT2D eigenvalue weighted by molar-refractivity contribution is 5.95. The molecule has 180 valence electrons. The maximum Gasteiger partial charge on any atom is 0.251 e. The number of hydrogen-bond acceptors (Lipinski definition) is 4. The molecule has 5 aromatic rings. The van der Waals surface area contributed by atoms with Gasteiger partial charge in [-0.2, -0.15) is 0 Å². The Morgan fingerprint density at radius 1 is 0.861 bits per heavy atom. The molecule has 0 aliphatic heterocycles. The minimum atomic E-state index is -0.308. The second-order valence-electron chi connectivity index (χ2n) is 8.51. The fourth-order valence-corrected chi connectivity index (χ4v) is 4.10. The molecule has 0 unspecified atom stereocenters. The molecule has 0 spiro atoms. The zero-order valence-corrected chi connectivity index (χ0v) is 19.6. The molecule has 0 fully saturated rings. The van der Waals surface area contributed by atoms with Crippen LogP contribution in [0.25, 0.3) is 16.9 Å². The summed E-state index contributed by atoms with van der Waals surface area (Å²) in [4.78, 5) is 17.7. The second kappa shape index (κ2) is 10.4. The third-order valence-corrected chi connectivity index (χ3v) is 5.99. The van der Waals surface area contributed by atoms with Crippen molar-refractivity contribution in [1.29, 1.82) is 0 Å². The van der Waals surface area contributed by atoms with Crippen molar-refractivity contribution >= 4 is 17.4 Å². The van der Waals surface area contributed by atoms with E-state index in [9.17, 15) is 9.18 Å². The first kappa shape index (κ1) is 23.3. The Morgan fingerprint density at radius 2 is 1.61 bits per heavy atom. The van der Waals surface area contributed by atoms with Crippen LogP contribution in [0.1, 0.15) is 27.0 Å². The number of aromatic nitrogens is 2. The summed E-state index contributed by atoms with van der Waals surface area (Å²) in [6, 6.07) is 27.6. The van der Waals surface area contributed by atoms with E-state index in [1.54, 1.807) is 24.3 Å². The van der Waals surface area contributed by atoms with Crippen molar-refractivity contribution < 1.29 is 9.18 Å². The second-order valence-corrected chi connectivity index (χ2v) is 8.51. The van der Waals surface area contributed by atoms with Crippen LogP contribution in [0.3, 0.4) is 0 Å². The van der Waals surface area contributed by atoms with Crippen LogP contribution in [0.4, 0.5) is 10.2 Å². The minimum absolute atomic E-state index is 0.194. The normalized spacial score (nSPS) is 10.9. The monoisotopic (exact) mass is 479 g/mol. The van der Waals surface area contributed by atoms with Gasteiger partial charge in [-0.25, -0.2) is 9.37 Å². The van der Waals surface area contributed by atoms with Gasteiger partial charge in [0.25, 0.3) is 5.91 Å². The molecule has 36 heavy (non-hydrogen) atoms. The number of benzene rings is 3. The third-order valence-electron chi connectivity index (χ3n) is 5.99. The van der Waals surface area contributed by atoms with Gasteiger partial charge < -0.3 is 16.4 Å². The number of nitrogens with two attached hydrogens (primary N) is 1. The number of amides is 1. The van der Waals surface area contributed by atoms with Gasteiger partial charge in [-0.3, -0.25) is 9.20 Å². The van der Waals surface area contributed by atoms with E-state index in [0.717, 1.165) is 28.1 Å². The van der Waals surface area contributed by atoms with Gasteiger partial charge in [0.15, 0.2) is 0 Å². The highest BCUT2D eigenvalue weighted by Crippen LogP contribution is 2.30. The van der Waals surface area contributed by atoms with Crippen LogP contribution in [0.15, 0.2) is 97.2 Å². The first-order valence-corrected chi connectivity index (χ1v) is 11.7. The predicted molar refractivity (Wildman–Crippen MR) is 140 cm³/mol. The van der Waals surface area contributed by atoms with Gasteiger partial charge in [0, 0.05) is 37.0 Å². The van der Waals surface area contributed by atoms with Gasteiger partial charge in [-0.15, -0.1) is 0 Å². The summed E-state index contributed by atoms with van der Waals surface area (Å²) in [5.74, 6) is 0.268. The molecule has 2 aromatic heterocycles. The van der Waals surface area contributed by atoms with Gasteiger partial charge in [-0.1, -0.05) is 54.6 Å². The fourth-order valence-electron chi connectivity index (χ4n) is 4.10. The zero-order valence-electron chi connectivity index (χ0n) is 19.6. The number of halogens is 1. The van der Waals surface area contributed by atoms with Crippen LogP contribution >= 0.6 is 0 Å². The average molecular weight is 480 g/mol. The van der Waals surface area contributed by atoms with Crippen LogP contribution in [0.5, 0.6) is 0 Å². The Hall–Kier alpha value is -4.49. The molecule has 0 atom stereocenters. The molecule has 0 bridgehead atoms. The Bertz CT molecular complexity index is 1500. The number of nitrogens with zero attached hydrogens (tertiary/aromatic N) is 2. The van der Waals surface area contributed by atoms with Gasteiger partial charge >= 0.3 is 0 Å². The Morgan fingerprint density at radius 3 is 2.39 bits per heavy atom. The van der Waals surface area contributed by atoms with E-state index in [1.165, 1.54) is 12.1 Å². The van der Waals surface area contributed by atoms with Crippen molar-refractivity contribution in [2.45, 2.75) is 19.6 Å². The number of hydrogen-bond donors (Lipinski definition) is 3. The molecule has 5 rings (SSSR count). The highest BCUT2D eigenvalue weighted by Gasteiger charge is 2.16. The molecule has 1 amide bonds. The van der Waals surface area contributed by atoms with E-state index < -0.39 is 0 Å². The van der Waals surface area contributed by atoms with E-state index >= 15 is 0 Å². The molecule has 0 saturated carbocycles. The molecule has 0 aliphatic rings. The minimum Gasteiger partial charge on any atom is -0.365 e. The molecular formula is C29H26FN5O. The molecular weight excluding hydrogens is 453 g/mol. The average Bonchev–Trinajstić information content (AvgIpc) is 3.29. The number of nitrogens with one attached hydrogen (secondary N) is 2. The van der Waals surface area contributed by atoms with Gasteiger partial charge in [-0.05, 0) is 53.1 Å². The summed E-state index contributed by atoms with van der Waals surface area (Å²) in [5.41, 5.74) is 11.4. The first-order valence-electron chi connectivity index (χ1n) is 11.7. The van der Waals surface area contributed by atoms with Crippen molar-refractivity contribution in [3.8, 4) is 11.3 Å². The highest BCUT2D eigenvalue weighted by atomic mass is 19.1. The van der Waals surface area contributed by atoms with Crippen molar-refractivity contribution in [3.05, 3.63) is 125 Å². The number of pyridine rings is 1. The lowest BCUT2D eigenvalue weighted by Gasteiger charge is -2.10. The topological polar surface area (TPSA) is 84.5 Å². The Kier molecular flexibility index (Phi) is 6.73. The molecule has 0 saturated heterocycles. The van der Waals surface area contributed by atoms with Crippen molar-refractivity contribution in [3.63, 3.8) is 0 Å². The maximum atomic E-state index is 13.6. The summed E-state index contributed by atoms with van der Waals surface area (Å²) < 4.78 is 15.5. The molecule has 2 heterocycles. The van der Waals surface area contributed by atoms with Gasteiger partial charge in [0.1, 0.15) is 23.0 Å². The molecule has 7 heteroatoms. The van der Waals surface area contributed by atoms with E-state index in [1.807, 2.05) is 65.2 Å². The number of imidazole rings is 1. The standard InChI is InChI=1S/C29H26FN5O/c30-25-11-9-23(10-12-25)27-28(32-18-20-5-2-1-3-6-20)35-14-13-24(16-26(35)34-27)29(36)33-19-22-8-4-7-21(15-22)17-31/h1-16,32H,17-19,31H2,(H,33,36). The van der Waals surface area contributed by atoms with Crippen LogP contribution in [-0.4, -0.2) is 15.3 Å². The lowest BCUT2D eigenvalue weighted by molar-refractivity contribution is 0.0951. The van der Waals surface area contributed by atoms with Crippen LogP contribution in [0, 0.1) is 5.82 Å². The predicted octanol–water partition coefficient (Wildman–Crippen LogP) is 5.14. The molecule has 3 aromatic carbocycles. The van der Waals surface area contributed by atoms with Crippen LogP contribution < -0.4 is 16.4 Å². The van der Waals surface area contributed by atoms with E-state index in [2.05, 4.69) is 10.6 Å². The number of carbonyl (C=O) groups is 1. The van der Waals surface area contributed by atoms with Gasteiger partial charge in [0.05, 0.1) is 0 Å². The van der Waals surface area contributed by atoms with Crippen LogP contribution in [0.2, 0.25) is 0 Å². The lowest BCUT2D eigenvalue weighted by atomic mass is 10.1. The number of rotatable bonds is 8. The van der Waals surface area contributed by atoms with E-state index in [-0.39, 0.29) is 11.7 Å². The summed E-state index contributed by atoms with van der Waals surface area (Å²) in [7, 11) is 0. The molecule has 0 radical (unpaired) electrons. The smallest absolute Gasteiger partial charge is 0.251 e. The largest absolute Gasteiger partial charge is 0.365 e. The number of anilines is 1. The molecule has 4 N–H and O–H groups in total. The third kappa shape index (κ3) is 5.11. The SMILES string of the molecule is NCc1cccc(CNC(=O)c2ccn3c(NCc4ccccc4)c(-c4ccc(F)cc4)nc3c2)c1.